The maximum atomic E-state index is 11.2. The van der Waals surface area contributed by atoms with E-state index in [9.17, 15) is 14.7 Å². The SMILES string of the molecule is O=C(O)NCC1CC2CCCC2C1C(=O)O. The molecular formula is C11H17NO4. The maximum Gasteiger partial charge on any atom is 0.404 e. The molecule has 3 N–H and O–H groups in total. The van der Waals surface area contributed by atoms with Crippen molar-refractivity contribution in [3.8, 4) is 0 Å². The van der Waals surface area contributed by atoms with Gasteiger partial charge in [-0.05, 0) is 30.6 Å². The first kappa shape index (κ1) is 11.2. The highest BCUT2D eigenvalue weighted by molar-refractivity contribution is 5.71. The van der Waals surface area contributed by atoms with Crippen LogP contribution < -0.4 is 5.32 Å². The molecule has 0 saturated heterocycles. The van der Waals surface area contributed by atoms with Crippen molar-refractivity contribution < 1.29 is 19.8 Å². The minimum atomic E-state index is -1.07. The molecule has 0 aromatic rings. The van der Waals surface area contributed by atoms with Crippen LogP contribution in [0.15, 0.2) is 0 Å². The fraction of sp³-hybridized carbons (Fsp3) is 0.818. The summed E-state index contributed by atoms with van der Waals surface area (Å²) in [6, 6.07) is 0. The van der Waals surface area contributed by atoms with Gasteiger partial charge in [0, 0.05) is 6.54 Å². The monoisotopic (exact) mass is 227 g/mol. The summed E-state index contributed by atoms with van der Waals surface area (Å²) in [5.74, 6) is -0.352. The van der Waals surface area contributed by atoms with Crippen LogP contribution in [0.4, 0.5) is 4.79 Å². The molecule has 2 fully saturated rings. The normalized spacial score (nSPS) is 37.0. The van der Waals surface area contributed by atoms with Crippen LogP contribution in [-0.2, 0) is 4.79 Å². The van der Waals surface area contributed by atoms with Crippen molar-refractivity contribution in [1.29, 1.82) is 0 Å². The Labute approximate surface area is 93.8 Å². The van der Waals surface area contributed by atoms with E-state index in [4.69, 9.17) is 5.11 Å². The van der Waals surface area contributed by atoms with Gasteiger partial charge in [-0.1, -0.05) is 12.8 Å². The Hall–Kier alpha value is -1.26. The standard InChI is InChI=1S/C11H17NO4/c13-10(14)9-7(5-12-11(15)16)4-6-2-1-3-8(6)9/h6-9,12H,1-5H2,(H,13,14)(H,15,16). The van der Waals surface area contributed by atoms with E-state index in [1.54, 1.807) is 0 Å². The van der Waals surface area contributed by atoms with E-state index in [-0.39, 0.29) is 24.3 Å². The first-order valence-electron chi connectivity index (χ1n) is 5.79. The molecular weight excluding hydrogens is 210 g/mol. The highest BCUT2D eigenvalue weighted by Crippen LogP contribution is 2.50. The third-order valence-electron chi connectivity index (χ3n) is 4.09. The molecule has 0 radical (unpaired) electrons. The molecule has 16 heavy (non-hydrogen) atoms. The van der Waals surface area contributed by atoms with Crippen LogP contribution in [0.3, 0.4) is 0 Å². The fourth-order valence-corrected chi connectivity index (χ4v) is 3.53. The summed E-state index contributed by atoms with van der Waals surface area (Å²) in [6.45, 7) is 0.277. The second kappa shape index (κ2) is 4.31. The highest BCUT2D eigenvalue weighted by Gasteiger charge is 2.48. The number of amides is 1. The second-order valence-electron chi connectivity index (χ2n) is 4.90. The van der Waals surface area contributed by atoms with E-state index >= 15 is 0 Å². The van der Waals surface area contributed by atoms with Crippen LogP contribution in [0.25, 0.3) is 0 Å². The molecule has 0 aromatic carbocycles. The molecule has 5 heteroatoms. The van der Waals surface area contributed by atoms with Gasteiger partial charge in [-0.3, -0.25) is 4.79 Å². The lowest BCUT2D eigenvalue weighted by Gasteiger charge is -2.19. The lowest BCUT2D eigenvalue weighted by Crippen LogP contribution is -2.33. The Balaban J connectivity index is 2.02. The fourth-order valence-electron chi connectivity index (χ4n) is 3.53. The number of hydrogen-bond donors (Lipinski definition) is 3. The van der Waals surface area contributed by atoms with Crippen molar-refractivity contribution in [3.05, 3.63) is 0 Å². The summed E-state index contributed by atoms with van der Waals surface area (Å²) in [7, 11) is 0. The minimum Gasteiger partial charge on any atom is -0.481 e. The van der Waals surface area contributed by atoms with Crippen LogP contribution in [0.2, 0.25) is 0 Å². The van der Waals surface area contributed by atoms with Crippen molar-refractivity contribution >= 4 is 12.1 Å². The van der Waals surface area contributed by atoms with Gasteiger partial charge < -0.3 is 15.5 Å². The van der Waals surface area contributed by atoms with Gasteiger partial charge in [-0.25, -0.2) is 4.79 Å². The van der Waals surface area contributed by atoms with Gasteiger partial charge >= 0.3 is 12.1 Å². The van der Waals surface area contributed by atoms with Gasteiger partial charge in [0.2, 0.25) is 0 Å². The van der Waals surface area contributed by atoms with Gasteiger partial charge in [0.25, 0.3) is 0 Å². The summed E-state index contributed by atoms with van der Waals surface area (Å²) in [6.07, 6.45) is 3.02. The highest BCUT2D eigenvalue weighted by atomic mass is 16.4. The van der Waals surface area contributed by atoms with Crippen LogP contribution >= 0.6 is 0 Å². The molecule has 0 aliphatic heterocycles. The van der Waals surface area contributed by atoms with Crippen LogP contribution in [0.1, 0.15) is 25.7 Å². The third-order valence-corrected chi connectivity index (χ3v) is 4.09. The second-order valence-corrected chi connectivity index (χ2v) is 4.90. The zero-order valence-corrected chi connectivity index (χ0v) is 9.06. The number of nitrogens with one attached hydrogen (secondary N) is 1. The quantitative estimate of drug-likeness (QED) is 0.680. The predicted molar refractivity (Wildman–Crippen MR) is 56.1 cm³/mol. The molecule has 2 aliphatic carbocycles. The van der Waals surface area contributed by atoms with Crippen LogP contribution in [0.5, 0.6) is 0 Å². The Morgan fingerprint density at radius 3 is 2.62 bits per heavy atom. The number of hydrogen-bond acceptors (Lipinski definition) is 2. The average Bonchev–Trinajstić information content (AvgIpc) is 2.71. The van der Waals surface area contributed by atoms with E-state index in [0.29, 0.717) is 5.92 Å². The Bertz CT molecular complexity index is 304. The van der Waals surface area contributed by atoms with E-state index in [1.807, 2.05) is 0 Å². The lowest BCUT2D eigenvalue weighted by atomic mass is 9.88. The maximum absolute atomic E-state index is 11.2. The molecule has 0 bridgehead atoms. The molecule has 0 spiro atoms. The average molecular weight is 227 g/mol. The van der Waals surface area contributed by atoms with Gasteiger partial charge in [0.15, 0.2) is 0 Å². The molecule has 4 atom stereocenters. The number of fused-ring (bicyclic) bond motifs is 1. The summed E-state index contributed by atoms with van der Waals surface area (Å²) < 4.78 is 0. The zero-order valence-electron chi connectivity index (χ0n) is 9.06. The number of carboxylic acid groups (broad SMARTS) is 2. The molecule has 0 heterocycles. The van der Waals surface area contributed by atoms with E-state index in [2.05, 4.69) is 5.32 Å². The number of carboxylic acids is 1. The first-order chi connectivity index (χ1) is 7.59. The van der Waals surface area contributed by atoms with Gasteiger partial charge in [0.1, 0.15) is 0 Å². The Kier molecular flexibility index (Phi) is 3.03. The van der Waals surface area contributed by atoms with E-state index < -0.39 is 12.1 Å². The van der Waals surface area contributed by atoms with Gasteiger partial charge in [-0.2, -0.15) is 0 Å². The summed E-state index contributed by atoms with van der Waals surface area (Å²) in [5.41, 5.74) is 0. The molecule has 90 valence electrons. The van der Waals surface area contributed by atoms with Crippen molar-refractivity contribution in [2.24, 2.45) is 23.7 Å². The third kappa shape index (κ3) is 1.99. The van der Waals surface area contributed by atoms with Crippen molar-refractivity contribution in [3.63, 3.8) is 0 Å². The number of aliphatic carboxylic acids is 1. The van der Waals surface area contributed by atoms with Gasteiger partial charge in [0.05, 0.1) is 5.92 Å². The Morgan fingerprint density at radius 1 is 1.25 bits per heavy atom. The van der Waals surface area contributed by atoms with Crippen molar-refractivity contribution in [2.75, 3.05) is 6.54 Å². The molecule has 0 aromatic heterocycles. The van der Waals surface area contributed by atoms with E-state index in [1.165, 1.54) is 0 Å². The zero-order chi connectivity index (χ0) is 11.7. The molecule has 5 nitrogen and oxygen atoms in total. The number of rotatable bonds is 3. The van der Waals surface area contributed by atoms with Crippen molar-refractivity contribution in [1.82, 2.24) is 5.32 Å². The minimum absolute atomic E-state index is 0.0242. The van der Waals surface area contributed by atoms with Crippen LogP contribution in [0, 0.1) is 23.7 Å². The van der Waals surface area contributed by atoms with Gasteiger partial charge in [-0.15, -0.1) is 0 Å². The predicted octanol–water partition coefficient (Wildman–Crippen LogP) is 1.39. The van der Waals surface area contributed by atoms with Crippen LogP contribution in [-0.4, -0.2) is 28.8 Å². The molecule has 1 amide bonds. The van der Waals surface area contributed by atoms with Crippen molar-refractivity contribution in [2.45, 2.75) is 25.7 Å². The topological polar surface area (TPSA) is 86.6 Å². The summed E-state index contributed by atoms with van der Waals surface area (Å²) >= 11 is 0. The van der Waals surface area contributed by atoms with E-state index in [0.717, 1.165) is 25.7 Å². The lowest BCUT2D eigenvalue weighted by molar-refractivity contribution is -0.144. The molecule has 2 saturated carbocycles. The summed E-state index contributed by atoms with van der Waals surface area (Å²) in [4.78, 5) is 21.6. The summed E-state index contributed by atoms with van der Waals surface area (Å²) in [5, 5.41) is 20.1. The smallest absolute Gasteiger partial charge is 0.404 e. The number of carbonyl (C=O) groups is 2. The molecule has 2 aliphatic rings. The molecule has 4 unspecified atom stereocenters. The largest absolute Gasteiger partial charge is 0.481 e. The molecule has 2 rings (SSSR count). The first-order valence-corrected chi connectivity index (χ1v) is 5.79. The Morgan fingerprint density at radius 2 is 2.00 bits per heavy atom.